The largest absolute Gasteiger partial charge is 0.297 e. The van der Waals surface area contributed by atoms with Crippen molar-refractivity contribution in [3.8, 4) is 0 Å². The third-order valence-electron chi connectivity index (χ3n) is 2.18. The maximum Gasteiger partial charge on any atom is 0.269 e. The van der Waals surface area contributed by atoms with Gasteiger partial charge in [-0.05, 0) is 52.9 Å². The van der Waals surface area contributed by atoms with E-state index >= 15 is 0 Å². The van der Waals surface area contributed by atoms with Crippen molar-refractivity contribution in [2.75, 3.05) is 5.43 Å². The second-order valence-corrected chi connectivity index (χ2v) is 5.09. The first-order chi connectivity index (χ1) is 8.66. The molecule has 0 aliphatic heterocycles. The zero-order valence-corrected chi connectivity index (χ0v) is 12.1. The van der Waals surface area contributed by atoms with Gasteiger partial charge in [0, 0.05) is 21.5 Å². The highest BCUT2D eigenvalue weighted by Gasteiger charge is 2.05. The highest BCUT2D eigenvalue weighted by Crippen LogP contribution is 2.23. The number of nitrogens with zero attached hydrogens (tertiary/aromatic N) is 1. The second-order valence-electron chi connectivity index (χ2n) is 3.44. The van der Waals surface area contributed by atoms with E-state index in [0.29, 0.717) is 16.3 Å². The number of rotatable bonds is 3. The molecule has 1 heterocycles. The Bertz CT molecular complexity index is 563. The Labute approximate surface area is 123 Å². The molecule has 0 spiro atoms. The highest BCUT2D eigenvalue weighted by molar-refractivity contribution is 14.1. The number of amides is 1. The number of halogens is 2. The number of benzene rings is 1. The van der Waals surface area contributed by atoms with Gasteiger partial charge in [-0.1, -0.05) is 11.6 Å². The lowest BCUT2D eigenvalue weighted by atomic mass is 10.2. The second kappa shape index (κ2) is 6.01. The van der Waals surface area contributed by atoms with Gasteiger partial charge < -0.3 is 0 Å². The van der Waals surface area contributed by atoms with Crippen LogP contribution in [0.25, 0.3) is 0 Å². The van der Waals surface area contributed by atoms with E-state index in [1.807, 2.05) is 12.1 Å². The van der Waals surface area contributed by atoms with Gasteiger partial charge in [-0.2, -0.15) is 0 Å². The molecule has 4 nitrogen and oxygen atoms in total. The third kappa shape index (κ3) is 3.33. The summed E-state index contributed by atoms with van der Waals surface area (Å²) in [7, 11) is 0. The van der Waals surface area contributed by atoms with Crippen LogP contribution < -0.4 is 10.9 Å². The van der Waals surface area contributed by atoms with Crippen molar-refractivity contribution in [3.05, 3.63) is 56.9 Å². The summed E-state index contributed by atoms with van der Waals surface area (Å²) in [4.78, 5) is 15.6. The fraction of sp³-hybridized carbons (Fsp3) is 0. The van der Waals surface area contributed by atoms with E-state index in [4.69, 9.17) is 11.6 Å². The summed E-state index contributed by atoms with van der Waals surface area (Å²) < 4.78 is 1.03. The first-order valence-corrected chi connectivity index (χ1v) is 6.54. The number of hydrazine groups is 1. The van der Waals surface area contributed by atoms with Crippen LogP contribution in [0, 0.1) is 3.57 Å². The Kier molecular flexibility index (Phi) is 4.38. The minimum absolute atomic E-state index is 0.244. The third-order valence-corrected chi connectivity index (χ3v) is 3.17. The smallest absolute Gasteiger partial charge is 0.269 e. The van der Waals surface area contributed by atoms with Gasteiger partial charge in [-0.15, -0.1) is 0 Å². The van der Waals surface area contributed by atoms with Crippen molar-refractivity contribution in [1.82, 2.24) is 10.4 Å². The molecule has 0 atom stereocenters. The quantitative estimate of drug-likeness (QED) is 0.642. The minimum Gasteiger partial charge on any atom is -0.297 e. The van der Waals surface area contributed by atoms with Crippen LogP contribution in [0.1, 0.15) is 10.4 Å². The molecule has 0 bridgehead atoms. The molecule has 0 radical (unpaired) electrons. The number of carbonyl (C=O) groups excluding carboxylic acids is 1. The van der Waals surface area contributed by atoms with E-state index in [9.17, 15) is 4.79 Å². The van der Waals surface area contributed by atoms with Crippen molar-refractivity contribution in [3.63, 3.8) is 0 Å². The van der Waals surface area contributed by atoms with Crippen molar-refractivity contribution in [2.45, 2.75) is 0 Å². The van der Waals surface area contributed by atoms with E-state index in [1.54, 1.807) is 30.6 Å². The van der Waals surface area contributed by atoms with Crippen LogP contribution in [0.15, 0.2) is 42.7 Å². The Morgan fingerprint density at radius 3 is 2.61 bits per heavy atom. The number of carbonyl (C=O) groups is 1. The molecule has 1 aromatic heterocycles. The van der Waals surface area contributed by atoms with Crippen molar-refractivity contribution in [1.29, 1.82) is 0 Å². The number of aromatic nitrogens is 1. The van der Waals surface area contributed by atoms with E-state index < -0.39 is 0 Å². The first kappa shape index (κ1) is 13.1. The van der Waals surface area contributed by atoms with Crippen molar-refractivity contribution in [2.24, 2.45) is 0 Å². The van der Waals surface area contributed by atoms with Gasteiger partial charge in [0.25, 0.3) is 5.91 Å². The molecule has 0 unspecified atom stereocenters. The predicted octanol–water partition coefficient (Wildman–Crippen LogP) is 3.10. The molecule has 2 N–H and O–H groups in total. The molecule has 2 rings (SSSR count). The lowest BCUT2D eigenvalue weighted by molar-refractivity contribution is 0.0962. The molecule has 0 fully saturated rings. The molecule has 0 saturated heterocycles. The van der Waals surface area contributed by atoms with E-state index in [-0.39, 0.29) is 5.91 Å². The summed E-state index contributed by atoms with van der Waals surface area (Å²) in [6.45, 7) is 0. The molecule has 92 valence electrons. The first-order valence-electron chi connectivity index (χ1n) is 5.08. The Morgan fingerprint density at radius 1 is 1.22 bits per heavy atom. The molecule has 0 saturated carbocycles. The fourth-order valence-corrected chi connectivity index (χ4v) is 2.19. The van der Waals surface area contributed by atoms with Crippen LogP contribution in [-0.4, -0.2) is 10.9 Å². The Morgan fingerprint density at radius 2 is 1.94 bits per heavy atom. The van der Waals surface area contributed by atoms with Gasteiger partial charge in [-0.3, -0.25) is 20.6 Å². The van der Waals surface area contributed by atoms with Gasteiger partial charge in [0.1, 0.15) is 0 Å². The lowest BCUT2D eigenvalue weighted by Crippen LogP contribution is -2.29. The van der Waals surface area contributed by atoms with Crippen LogP contribution in [-0.2, 0) is 0 Å². The zero-order chi connectivity index (χ0) is 13.0. The highest BCUT2D eigenvalue weighted by atomic mass is 127. The van der Waals surface area contributed by atoms with Gasteiger partial charge in [-0.25, -0.2) is 0 Å². The monoisotopic (exact) mass is 373 g/mol. The van der Waals surface area contributed by atoms with Crippen LogP contribution in [0.2, 0.25) is 5.02 Å². The van der Waals surface area contributed by atoms with Crippen molar-refractivity contribution >= 4 is 45.8 Å². The minimum atomic E-state index is -0.244. The zero-order valence-electron chi connectivity index (χ0n) is 9.15. The number of nitrogens with one attached hydrogen (secondary N) is 2. The normalized spacial score (nSPS) is 9.89. The topological polar surface area (TPSA) is 54.0 Å². The lowest BCUT2D eigenvalue weighted by Gasteiger charge is -2.10. The van der Waals surface area contributed by atoms with Crippen LogP contribution in [0.3, 0.4) is 0 Å². The average Bonchev–Trinajstić information content (AvgIpc) is 2.38. The maximum atomic E-state index is 11.8. The SMILES string of the molecule is O=C(NNc1ccc(I)cc1Cl)c1ccncc1. The summed E-state index contributed by atoms with van der Waals surface area (Å²) in [5, 5.41) is 0.553. The van der Waals surface area contributed by atoms with E-state index in [2.05, 4.69) is 38.4 Å². The van der Waals surface area contributed by atoms with Gasteiger partial charge >= 0.3 is 0 Å². The summed E-state index contributed by atoms with van der Waals surface area (Å²) >= 11 is 8.20. The van der Waals surface area contributed by atoms with E-state index in [1.165, 1.54) is 0 Å². The van der Waals surface area contributed by atoms with Crippen LogP contribution in [0.4, 0.5) is 5.69 Å². The van der Waals surface area contributed by atoms with Gasteiger partial charge in [0.15, 0.2) is 0 Å². The summed E-state index contributed by atoms with van der Waals surface area (Å²) in [5.74, 6) is -0.244. The summed E-state index contributed by atoms with van der Waals surface area (Å²) in [6, 6.07) is 8.77. The molecule has 18 heavy (non-hydrogen) atoms. The molecule has 6 heteroatoms. The standard InChI is InChI=1S/C12H9ClIN3O/c13-10-7-9(14)1-2-11(10)16-17-12(18)8-3-5-15-6-4-8/h1-7,16H,(H,17,18). The molecule has 2 aromatic rings. The molecule has 1 aromatic carbocycles. The summed E-state index contributed by atoms with van der Waals surface area (Å²) in [5.41, 5.74) is 6.53. The maximum absolute atomic E-state index is 11.8. The predicted molar refractivity (Wildman–Crippen MR) is 79.5 cm³/mol. The summed E-state index contributed by atoms with van der Waals surface area (Å²) in [6.07, 6.45) is 3.12. The number of hydrogen-bond donors (Lipinski definition) is 2. The molecular formula is C12H9ClIN3O. The average molecular weight is 374 g/mol. The van der Waals surface area contributed by atoms with Gasteiger partial charge in [0.2, 0.25) is 0 Å². The van der Waals surface area contributed by atoms with Crippen molar-refractivity contribution < 1.29 is 4.79 Å². The molecule has 0 aliphatic rings. The van der Waals surface area contributed by atoms with E-state index in [0.717, 1.165) is 3.57 Å². The number of anilines is 1. The Hall–Kier alpha value is -1.34. The molecule has 0 aliphatic carbocycles. The number of hydrogen-bond acceptors (Lipinski definition) is 3. The van der Waals surface area contributed by atoms with Crippen LogP contribution >= 0.6 is 34.2 Å². The van der Waals surface area contributed by atoms with Crippen LogP contribution in [0.5, 0.6) is 0 Å². The fourth-order valence-electron chi connectivity index (χ4n) is 1.29. The number of pyridine rings is 1. The van der Waals surface area contributed by atoms with Gasteiger partial charge in [0.05, 0.1) is 10.7 Å². The molecular weight excluding hydrogens is 365 g/mol. The Balaban J connectivity index is 2.02. The molecule has 1 amide bonds.